The Hall–Kier alpha value is -2.28. The van der Waals surface area contributed by atoms with Gasteiger partial charge in [-0.05, 0) is 44.2 Å². The Labute approximate surface area is 152 Å². The summed E-state index contributed by atoms with van der Waals surface area (Å²) < 4.78 is 11.2. The van der Waals surface area contributed by atoms with Gasteiger partial charge in [0.15, 0.2) is 5.82 Å². The molecule has 26 heavy (non-hydrogen) atoms. The van der Waals surface area contributed by atoms with Crippen LogP contribution in [0.4, 0.5) is 0 Å². The van der Waals surface area contributed by atoms with Crippen LogP contribution in [0.1, 0.15) is 59.2 Å². The number of carbonyl (C=O) groups is 1. The number of rotatable bonds is 6. The van der Waals surface area contributed by atoms with E-state index in [2.05, 4.69) is 15.1 Å². The van der Waals surface area contributed by atoms with Gasteiger partial charge in [-0.25, -0.2) is 0 Å². The van der Waals surface area contributed by atoms with Gasteiger partial charge in [-0.3, -0.25) is 9.78 Å². The van der Waals surface area contributed by atoms with Gasteiger partial charge in [-0.1, -0.05) is 5.16 Å². The van der Waals surface area contributed by atoms with Crippen LogP contribution in [0.3, 0.4) is 0 Å². The highest BCUT2D eigenvalue weighted by Gasteiger charge is 2.29. The molecule has 1 saturated heterocycles. The second kappa shape index (κ2) is 7.53. The molecule has 0 aromatic carbocycles. The van der Waals surface area contributed by atoms with E-state index in [-0.39, 0.29) is 12.0 Å². The summed E-state index contributed by atoms with van der Waals surface area (Å²) in [6.45, 7) is 3.87. The summed E-state index contributed by atoms with van der Waals surface area (Å²) in [5, 5.41) is 4.01. The third-order valence-electron chi connectivity index (χ3n) is 4.88. The fourth-order valence-corrected chi connectivity index (χ4v) is 3.30. The van der Waals surface area contributed by atoms with Gasteiger partial charge in [0.25, 0.3) is 5.91 Å². The molecule has 1 aliphatic carbocycles. The van der Waals surface area contributed by atoms with Crippen LogP contribution < -0.4 is 0 Å². The molecule has 3 heterocycles. The second-order valence-corrected chi connectivity index (χ2v) is 7.21. The van der Waals surface area contributed by atoms with Gasteiger partial charge in [-0.2, -0.15) is 4.98 Å². The third kappa shape index (κ3) is 4.09. The van der Waals surface area contributed by atoms with E-state index in [9.17, 15) is 4.79 Å². The van der Waals surface area contributed by atoms with Crippen LogP contribution in [-0.2, 0) is 11.2 Å². The lowest BCUT2D eigenvalue weighted by atomic mass is 10.1. The smallest absolute Gasteiger partial charge is 0.255 e. The Balaban J connectivity index is 1.27. The normalized spacial score (nSPS) is 20.3. The molecule has 2 fully saturated rings. The fraction of sp³-hybridized carbons (Fsp3) is 0.579. The van der Waals surface area contributed by atoms with Crippen LogP contribution in [0.15, 0.2) is 23.0 Å². The second-order valence-electron chi connectivity index (χ2n) is 7.21. The van der Waals surface area contributed by atoms with E-state index in [1.54, 1.807) is 12.4 Å². The predicted molar refractivity (Wildman–Crippen MR) is 93.8 cm³/mol. The van der Waals surface area contributed by atoms with Crippen LogP contribution in [0.25, 0.3) is 0 Å². The van der Waals surface area contributed by atoms with Crippen molar-refractivity contribution in [3.8, 4) is 0 Å². The lowest BCUT2D eigenvalue weighted by Gasteiger charge is -2.32. The van der Waals surface area contributed by atoms with Crippen LogP contribution in [-0.4, -0.2) is 51.7 Å². The number of pyridine rings is 1. The molecule has 0 spiro atoms. The van der Waals surface area contributed by atoms with Crippen molar-refractivity contribution < 1.29 is 14.1 Å². The Morgan fingerprint density at radius 3 is 3.04 bits per heavy atom. The summed E-state index contributed by atoms with van der Waals surface area (Å²) in [5.74, 6) is 1.98. The zero-order valence-corrected chi connectivity index (χ0v) is 15.1. The Morgan fingerprint density at radius 1 is 1.35 bits per heavy atom. The molecule has 2 aromatic heterocycles. The number of carbonyl (C=O) groups excluding carboxylic acids is 1. The lowest BCUT2D eigenvalue weighted by Crippen LogP contribution is -2.43. The monoisotopic (exact) mass is 356 g/mol. The van der Waals surface area contributed by atoms with E-state index >= 15 is 0 Å². The molecule has 2 aliphatic rings. The molecule has 1 saturated carbocycles. The standard InChI is InChI=1S/C19H24N4O3/c1-13-9-15(11-20-10-13)19(24)23-7-2-3-16(12-23)25-8-6-17-21-18(26-22-17)14-4-5-14/h9-11,14,16H,2-8,12H2,1H3. The zero-order chi connectivity index (χ0) is 17.9. The number of hydrogen-bond donors (Lipinski definition) is 0. The summed E-state index contributed by atoms with van der Waals surface area (Å²) in [6.07, 6.45) is 8.31. The first kappa shape index (κ1) is 17.1. The number of amides is 1. The number of nitrogens with zero attached hydrogens (tertiary/aromatic N) is 4. The van der Waals surface area contributed by atoms with Crippen molar-refractivity contribution >= 4 is 5.91 Å². The van der Waals surface area contributed by atoms with Crippen molar-refractivity contribution in [1.82, 2.24) is 20.0 Å². The molecule has 0 bridgehead atoms. The number of ether oxygens (including phenoxy) is 1. The zero-order valence-electron chi connectivity index (χ0n) is 15.1. The van der Waals surface area contributed by atoms with Crippen LogP contribution >= 0.6 is 0 Å². The highest BCUT2D eigenvalue weighted by atomic mass is 16.5. The number of aromatic nitrogens is 3. The van der Waals surface area contributed by atoms with Gasteiger partial charge in [0, 0.05) is 37.8 Å². The average Bonchev–Trinajstić information content (AvgIpc) is 3.40. The number of likely N-dealkylation sites (tertiary alicyclic amines) is 1. The molecular weight excluding hydrogens is 332 g/mol. The molecule has 1 atom stereocenters. The van der Waals surface area contributed by atoms with Gasteiger partial charge in [0.05, 0.1) is 18.3 Å². The van der Waals surface area contributed by atoms with Crippen molar-refractivity contribution in [2.75, 3.05) is 19.7 Å². The van der Waals surface area contributed by atoms with E-state index in [1.807, 2.05) is 17.9 Å². The molecule has 0 radical (unpaired) electrons. The summed E-state index contributed by atoms with van der Waals surface area (Å²) in [7, 11) is 0. The first-order valence-corrected chi connectivity index (χ1v) is 9.34. The van der Waals surface area contributed by atoms with E-state index in [1.165, 1.54) is 0 Å². The minimum absolute atomic E-state index is 0.0294. The van der Waals surface area contributed by atoms with Crippen LogP contribution in [0, 0.1) is 6.92 Å². The van der Waals surface area contributed by atoms with Crippen molar-refractivity contribution in [2.45, 2.75) is 51.0 Å². The Kier molecular flexibility index (Phi) is 4.97. The van der Waals surface area contributed by atoms with Gasteiger partial charge in [0.1, 0.15) is 0 Å². The van der Waals surface area contributed by atoms with E-state index in [4.69, 9.17) is 9.26 Å². The maximum Gasteiger partial charge on any atom is 0.255 e. The Morgan fingerprint density at radius 2 is 2.23 bits per heavy atom. The molecule has 138 valence electrons. The molecule has 7 heteroatoms. The number of aryl methyl sites for hydroxylation is 1. The van der Waals surface area contributed by atoms with E-state index < -0.39 is 0 Å². The molecule has 1 aliphatic heterocycles. The molecule has 1 amide bonds. The summed E-state index contributed by atoms with van der Waals surface area (Å²) >= 11 is 0. The highest BCUT2D eigenvalue weighted by molar-refractivity contribution is 5.94. The van der Waals surface area contributed by atoms with Gasteiger partial charge in [0.2, 0.25) is 5.89 Å². The summed E-state index contributed by atoms with van der Waals surface area (Å²) in [5.41, 5.74) is 1.64. The van der Waals surface area contributed by atoms with Crippen LogP contribution in [0.5, 0.6) is 0 Å². The Bertz CT molecular complexity index is 772. The van der Waals surface area contributed by atoms with Gasteiger partial charge < -0.3 is 14.2 Å². The summed E-state index contributed by atoms with van der Waals surface area (Å²) in [6, 6.07) is 1.88. The average molecular weight is 356 g/mol. The van der Waals surface area contributed by atoms with Crippen molar-refractivity contribution in [1.29, 1.82) is 0 Å². The highest BCUT2D eigenvalue weighted by Crippen LogP contribution is 2.38. The maximum atomic E-state index is 12.7. The topological polar surface area (TPSA) is 81.4 Å². The molecule has 4 rings (SSSR count). The fourth-order valence-electron chi connectivity index (χ4n) is 3.30. The first-order valence-electron chi connectivity index (χ1n) is 9.34. The number of hydrogen-bond acceptors (Lipinski definition) is 6. The first-order chi connectivity index (χ1) is 12.7. The van der Waals surface area contributed by atoms with Crippen LogP contribution in [0.2, 0.25) is 0 Å². The third-order valence-corrected chi connectivity index (χ3v) is 4.88. The molecule has 1 unspecified atom stereocenters. The SMILES string of the molecule is Cc1cncc(C(=O)N2CCCC(OCCc3noc(C4CC4)n3)C2)c1. The lowest BCUT2D eigenvalue weighted by molar-refractivity contribution is 0.00249. The van der Waals surface area contributed by atoms with E-state index in [0.717, 1.165) is 43.7 Å². The minimum atomic E-state index is 0.0294. The van der Waals surface area contributed by atoms with Gasteiger partial charge in [-0.15, -0.1) is 0 Å². The maximum absolute atomic E-state index is 12.7. The quantitative estimate of drug-likeness (QED) is 0.791. The molecular formula is C19H24N4O3. The van der Waals surface area contributed by atoms with Crippen molar-refractivity contribution in [2.24, 2.45) is 0 Å². The van der Waals surface area contributed by atoms with E-state index in [0.29, 0.717) is 36.9 Å². The molecule has 2 aromatic rings. The van der Waals surface area contributed by atoms with Gasteiger partial charge >= 0.3 is 0 Å². The minimum Gasteiger partial charge on any atom is -0.376 e. The van der Waals surface area contributed by atoms with Crippen molar-refractivity contribution in [3.63, 3.8) is 0 Å². The molecule has 7 nitrogen and oxygen atoms in total. The predicted octanol–water partition coefficient (Wildman–Crippen LogP) is 2.51. The molecule has 0 N–H and O–H groups in total. The van der Waals surface area contributed by atoms with Crippen molar-refractivity contribution in [3.05, 3.63) is 41.3 Å². The summed E-state index contributed by atoms with van der Waals surface area (Å²) in [4.78, 5) is 23.1. The largest absolute Gasteiger partial charge is 0.376 e. The number of piperidine rings is 1.